The monoisotopic (exact) mass is 880 g/mol. The number of furan rings is 1. The fourth-order valence-electron chi connectivity index (χ4n) is 11.6. The minimum absolute atomic E-state index is 0.827. The number of rotatable bonds is 4. The third kappa shape index (κ3) is 5.30. The fraction of sp³-hybridized carbons (Fsp3) is 0. The molecule has 5 heteroatoms. The third-order valence-electron chi connectivity index (χ3n) is 14.4. The molecule has 10 aromatic carbocycles. The molecule has 5 heterocycles. The van der Waals surface area contributed by atoms with Crippen molar-refractivity contribution in [2.75, 3.05) is 9.80 Å². The lowest BCUT2D eigenvalue weighted by Crippen LogP contribution is -2.11. The summed E-state index contributed by atoms with van der Waals surface area (Å²) in [4.78, 5) is 4.86. The molecule has 2 aliphatic rings. The van der Waals surface area contributed by atoms with Gasteiger partial charge in [-0.05, 0) is 72.8 Å². The predicted molar refractivity (Wildman–Crippen MR) is 286 cm³/mol. The van der Waals surface area contributed by atoms with E-state index in [1.54, 1.807) is 0 Å². The number of hydrogen-bond donors (Lipinski definition) is 0. The number of para-hydroxylation sites is 10. The van der Waals surface area contributed by atoms with Gasteiger partial charge >= 0.3 is 0 Å². The van der Waals surface area contributed by atoms with Crippen LogP contribution in [-0.4, -0.2) is 9.13 Å². The number of nitrogens with zero attached hydrogens (tertiary/aromatic N) is 4. The van der Waals surface area contributed by atoms with Gasteiger partial charge in [0.2, 0.25) is 0 Å². The molecule has 0 bridgehead atoms. The Bertz CT molecular complexity index is 3940. The summed E-state index contributed by atoms with van der Waals surface area (Å²) in [7, 11) is 0. The van der Waals surface area contributed by atoms with Gasteiger partial charge in [0.1, 0.15) is 0 Å². The lowest BCUT2D eigenvalue weighted by molar-refractivity contribution is 0.669. The largest absolute Gasteiger partial charge is 0.452 e. The minimum Gasteiger partial charge on any atom is -0.452 e. The maximum absolute atomic E-state index is 7.51. The molecule has 0 amide bonds. The Balaban J connectivity index is 0.990. The molecular formula is C64H40N4O. The van der Waals surface area contributed by atoms with Crippen LogP contribution in [0.15, 0.2) is 247 Å². The molecule has 0 unspecified atom stereocenters. The van der Waals surface area contributed by atoms with E-state index in [0.29, 0.717) is 0 Å². The van der Waals surface area contributed by atoms with E-state index in [1.165, 1.54) is 44.3 Å². The Morgan fingerprint density at radius 3 is 1.00 bits per heavy atom. The number of anilines is 6. The Labute approximate surface area is 398 Å². The van der Waals surface area contributed by atoms with Gasteiger partial charge < -0.3 is 23.4 Å². The van der Waals surface area contributed by atoms with E-state index in [1.807, 2.05) is 0 Å². The van der Waals surface area contributed by atoms with Gasteiger partial charge in [-0.2, -0.15) is 0 Å². The molecule has 3 aromatic heterocycles. The van der Waals surface area contributed by atoms with Gasteiger partial charge in [0.15, 0.2) is 11.2 Å². The molecule has 0 spiro atoms. The average Bonchev–Trinajstić information content (AvgIpc) is 4.04. The zero-order valence-corrected chi connectivity index (χ0v) is 37.3. The molecule has 13 aromatic rings. The van der Waals surface area contributed by atoms with Crippen molar-refractivity contribution in [1.29, 1.82) is 0 Å². The highest BCUT2D eigenvalue weighted by Crippen LogP contribution is 2.58. The molecular weight excluding hydrogens is 841 g/mol. The van der Waals surface area contributed by atoms with E-state index in [9.17, 15) is 0 Å². The average molecular weight is 881 g/mol. The zero-order valence-electron chi connectivity index (χ0n) is 37.3. The zero-order chi connectivity index (χ0) is 45.2. The topological polar surface area (TPSA) is 29.5 Å². The smallest absolute Gasteiger partial charge is 0.159 e. The number of fused-ring (bicyclic) bond motifs is 17. The Morgan fingerprint density at radius 1 is 0.246 bits per heavy atom. The third-order valence-corrected chi connectivity index (χ3v) is 14.4. The van der Waals surface area contributed by atoms with Crippen molar-refractivity contribution in [2.45, 2.75) is 0 Å². The highest BCUT2D eigenvalue weighted by Gasteiger charge is 2.35. The molecule has 5 nitrogen and oxygen atoms in total. The van der Waals surface area contributed by atoms with Crippen LogP contribution in [0.3, 0.4) is 0 Å². The summed E-state index contributed by atoms with van der Waals surface area (Å²) in [5.41, 5.74) is 21.9. The van der Waals surface area contributed by atoms with Crippen molar-refractivity contribution in [3.8, 4) is 56.1 Å². The molecule has 0 fully saturated rings. The van der Waals surface area contributed by atoms with E-state index in [0.717, 1.165) is 89.7 Å². The normalized spacial score (nSPS) is 12.6. The molecule has 0 atom stereocenters. The Morgan fingerprint density at radius 2 is 0.565 bits per heavy atom. The van der Waals surface area contributed by atoms with Crippen molar-refractivity contribution in [1.82, 2.24) is 9.13 Å². The fourth-order valence-corrected chi connectivity index (χ4v) is 11.6. The number of benzene rings is 10. The minimum atomic E-state index is 0.827. The van der Waals surface area contributed by atoms with E-state index in [2.05, 4.69) is 262 Å². The molecule has 0 saturated heterocycles. The molecule has 0 radical (unpaired) electrons. The van der Waals surface area contributed by atoms with Crippen LogP contribution >= 0.6 is 0 Å². The molecule has 0 aliphatic carbocycles. The number of aromatic nitrogens is 2. The van der Waals surface area contributed by atoms with Crippen LogP contribution in [0.4, 0.5) is 34.1 Å². The Hall–Kier alpha value is -9.32. The van der Waals surface area contributed by atoms with Crippen molar-refractivity contribution < 1.29 is 4.42 Å². The molecule has 69 heavy (non-hydrogen) atoms. The van der Waals surface area contributed by atoms with Gasteiger partial charge in [-0.15, -0.1) is 0 Å². The second-order valence-corrected chi connectivity index (χ2v) is 18.0. The van der Waals surface area contributed by atoms with Gasteiger partial charge in [0, 0.05) is 66.3 Å². The van der Waals surface area contributed by atoms with Gasteiger partial charge in [-0.3, -0.25) is 0 Å². The Kier molecular flexibility index (Phi) is 8.00. The van der Waals surface area contributed by atoms with Crippen molar-refractivity contribution in [3.05, 3.63) is 243 Å². The summed E-state index contributed by atoms with van der Waals surface area (Å²) in [5.74, 6) is 0. The van der Waals surface area contributed by atoms with Crippen LogP contribution in [-0.2, 0) is 0 Å². The van der Waals surface area contributed by atoms with Gasteiger partial charge in [-0.1, -0.05) is 170 Å². The lowest BCUT2D eigenvalue weighted by atomic mass is 9.98. The maximum atomic E-state index is 7.51. The van der Waals surface area contributed by atoms with Gasteiger partial charge in [0.05, 0.1) is 56.5 Å². The predicted octanol–water partition coefficient (Wildman–Crippen LogP) is 17.7. The maximum Gasteiger partial charge on any atom is 0.159 e. The van der Waals surface area contributed by atoms with Crippen LogP contribution in [0.5, 0.6) is 0 Å². The highest BCUT2D eigenvalue weighted by atomic mass is 16.3. The van der Waals surface area contributed by atoms with Crippen LogP contribution in [0.2, 0.25) is 0 Å². The van der Waals surface area contributed by atoms with Crippen LogP contribution in [0.1, 0.15) is 0 Å². The molecule has 0 N–H and O–H groups in total. The van der Waals surface area contributed by atoms with Gasteiger partial charge in [-0.25, -0.2) is 0 Å². The summed E-state index contributed by atoms with van der Waals surface area (Å²) < 4.78 is 12.4. The molecule has 15 rings (SSSR count). The van der Waals surface area contributed by atoms with E-state index in [-0.39, 0.29) is 0 Å². The first kappa shape index (κ1) is 37.9. The van der Waals surface area contributed by atoms with Crippen molar-refractivity contribution in [2.24, 2.45) is 0 Å². The summed E-state index contributed by atoms with van der Waals surface area (Å²) in [6.07, 6.45) is 0. The quantitative estimate of drug-likeness (QED) is 0.176. The van der Waals surface area contributed by atoms with Crippen LogP contribution in [0.25, 0.3) is 99.9 Å². The lowest BCUT2D eigenvalue weighted by Gasteiger charge is -2.28. The summed E-state index contributed by atoms with van der Waals surface area (Å²) in [6.45, 7) is 0. The van der Waals surface area contributed by atoms with Crippen LogP contribution in [0, 0.1) is 0 Å². The SMILES string of the molecule is c1ccc(-n2c3c(c4ccccc42)-c2ccccc2N(c2cccc4c2oc2c(N5c6ccccc6-c6c(n(-c7ccccc7)c7ccccc67)-c6ccccc65)cccc24)c2ccccc2-3)cc1. The molecule has 322 valence electrons. The van der Waals surface area contributed by atoms with E-state index < -0.39 is 0 Å². The summed E-state index contributed by atoms with van der Waals surface area (Å²) in [5, 5.41) is 4.53. The first-order chi connectivity index (χ1) is 34.3. The van der Waals surface area contributed by atoms with E-state index >= 15 is 0 Å². The molecule has 2 aliphatic heterocycles. The summed E-state index contributed by atoms with van der Waals surface area (Å²) in [6, 6.07) is 87.8. The standard InChI is InChI=1S/C64H40N4O/c1-3-21-41(22-4-1)65-51-33-13-7-25-45(51)59-47-27-9-15-35-53(47)67(55-37-17-11-29-49(55)61(59)65)57-39-19-31-43-44-32-20-40-58(64(44)69-63(43)57)68-54-36-16-10-28-48(54)60-46-26-8-14-34-52(46)66(42-23-5-2-6-24-42)62(60)50-30-12-18-38-56(50)68/h1-40H. The molecule has 0 saturated carbocycles. The highest BCUT2D eigenvalue weighted by molar-refractivity contribution is 6.19. The van der Waals surface area contributed by atoms with Crippen molar-refractivity contribution in [3.63, 3.8) is 0 Å². The first-order valence-corrected chi connectivity index (χ1v) is 23.6. The number of hydrogen-bond acceptors (Lipinski definition) is 3. The van der Waals surface area contributed by atoms with Gasteiger partial charge in [0.25, 0.3) is 0 Å². The second kappa shape index (κ2) is 14.6. The second-order valence-electron chi connectivity index (χ2n) is 18.0. The van der Waals surface area contributed by atoms with Crippen LogP contribution < -0.4 is 9.80 Å². The van der Waals surface area contributed by atoms with E-state index in [4.69, 9.17) is 4.42 Å². The first-order valence-electron chi connectivity index (χ1n) is 23.6. The summed E-state index contributed by atoms with van der Waals surface area (Å²) >= 11 is 0. The van der Waals surface area contributed by atoms with Crippen molar-refractivity contribution >= 4 is 77.9 Å².